The van der Waals surface area contributed by atoms with Gasteiger partial charge in [0.2, 0.25) is 0 Å². The number of hydrogen-bond donors (Lipinski definition) is 1. The highest BCUT2D eigenvalue weighted by Gasteiger charge is 2.29. The molecule has 0 aromatic heterocycles. The van der Waals surface area contributed by atoms with E-state index in [0.29, 0.717) is 27.8 Å². The average molecular weight is 352 g/mol. The number of carbonyl (C=O) groups is 4. The first kappa shape index (κ1) is 17.5. The number of hydrogen-bond acceptors (Lipinski definition) is 5. The van der Waals surface area contributed by atoms with Crippen molar-refractivity contribution < 1.29 is 29.0 Å². The van der Waals surface area contributed by atoms with E-state index in [9.17, 15) is 19.2 Å². The Morgan fingerprint density at radius 3 is 2.12 bits per heavy atom. The normalized spacial score (nSPS) is 12.3. The van der Waals surface area contributed by atoms with Gasteiger partial charge in [0, 0.05) is 35.1 Å². The number of carboxylic acids is 1. The van der Waals surface area contributed by atoms with E-state index < -0.39 is 11.9 Å². The monoisotopic (exact) mass is 352 g/mol. The summed E-state index contributed by atoms with van der Waals surface area (Å²) in [6, 6.07) is 11.4. The van der Waals surface area contributed by atoms with Gasteiger partial charge in [-0.05, 0) is 24.1 Å². The Bertz CT molecular complexity index is 912. The fourth-order valence-corrected chi connectivity index (χ4v) is 2.86. The standard InChI is InChI=1S/C20H16O6/c21-17(22)6-3-7-18(23)26-11-12-8-9-15-16(10-12)20(25)14-5-2-1-4-13(14)19(15)24/h1-2,4-5,8-10H,3,6-7,11H2,(H,21,22). The van der Waals surface area contributed by atoms with Gasteiger partial charge in [0.1, 0.15) is 6.61 Å². The van der Waals surface area contributed by atoms with Gasteiger partial charge >= 0.3 is 11.9 Å². The Morgan fingerprint density at radius 1 is 0.846 bits per heavy atom. The minimum Gasteiger partial charge on any atom is -0.481 e. The van der Waals surface area contributed by atoms with Gasteiger partial charge in [0.15, 0.2) is 11.6 Å². The van der Waals surface area contributed by atoms with Crippen molar-refractivity contribution in [3.05, 3.63) is 70.3 Å². The lowest BCUT2D eigenvalue weighted by molar-refractivity contribution is -0.145. The average Bonchev–Trinajstić information content (AvgIpc) is 2.64. The molecule has 2 aromatic rings. The molecule has 6 heteroatoms. The van der Waals surface area contributed by atoms with Crippen molar-refractivity contribution in [3.8, 4) is 0 Å². The highest BCUT2D eigenvalue weighted by atomic mass is 16.5. The van der Waals surface area contributed by atoms with Gasteiger partial charge in [0.25, 0.3) is 0 Å². The lowest BCUT2D eigenvalue weighted by Gasteiger charge is -2.18. The fraction of sp³-hybridized carbons (Fsp3) is 0.200. The molecule has 3 rings (SSSR count). The van der Waals surface area contributed by atoms with Crippen LogP contribution in [-0.4, -0.2) is 28.6 Å². The number of fused-ring (bicyclic) bond motifs is 2. The highest BCUT2D eigenvalue weighted by molar-refractivity contribution is 6.28. The van der Waals surface area contributed by atoms with E-state index in [1.165, 1.54) is 0 Å². The Hall–Kier alpha value is -3.28. The first-order valence-corrected chi connectivity index (χ1v) is 8.16. The molecule has 1 aliphatic rings. The minimum atomic E-state index is -0.962. The Kier molecular flexibility index (Phi) is 4.93. The predicted molar refractivity (Wildman–Crippen MR) is 91.0 cm³/mol. The van der Waals surface area contributed by atoms with E-state index in [1.807, 2.05) is 0 Å². The van der Waals surface area contributed by atoms with Crippen LogP contribution < -0.4 is 0 Å². The lowest BCUT2D eigenvalue weighted by atomic mass is 9.83. The smallest absolute Gasteiger partial charge is 0.306 e. The van der Waals surface area contributed by atoms with Crippen LogP contribution >= 0.6 is 0 Å². The molecule has 0 bridgehead atoms. The molecule has 0 fully saturated rings. The van der Waals surface area contributed by atoms with E-state index in [0.717, 1.165) is 0 Å². The van der Waals surface area contributed by atoms with Gasteiger partial charge in [-0.1, -0.05) is 30.3 Å². The van der Waals surface area contributed by atoms with Gasteiger partial charge in [0.05, 0.1) is 0 Å². The molecule has 1 N–H and O–H groups in total. The molecule has 0 atom stereocenters. The zero-order valence-electron chi connectivity index (χ0n) is 13.9. The van der Waals surface area contributed by atoms with Crippen LogP contribution in [0.5, 0.6) is 0 Å². The summed E-state index contributed by atoms with van der Waals surface area (Å²) in [5, 5.41) is 8.55. The summed E-state index contributed by atoms with van der Waals surface area (Å²) in [7, 11) is 0. The third kappa shape index (κ3) is 3.54. The molecule has 132 valence electrons. The SMILES string of the molecule is O=C(O)CCCC(=O)OCc1ccc2c(c1)C(=O)c1ccccc1C2=O. The van der Waals surface area contributed by atoms with Gasteiger partial charge in [-0.2, -0.15) is 0 Å². The Morgan fingerprint density at radius 2 is 1.46 bits per heavy atom. The number of aliphatic carboxylic acids is 1. The Balaban J connectivity index is 1.71. The quantitative estimate of drug-likeness (QED) is 0.685. The number of carboxylic acid groups (broad SMARTS) is 1. The maximum Gasteiger partial charge on any atom is 0.306 e. The number of carbonyl (C=O) groups excluding carboxylic acids is 3. The molecule has 6 nitrogen and oxygen atoms in total. The van der Waals surface area contributed by atoms with Gasteiger partial charge < -0.3 is 9.84 Å². The van der Waals surface area contributed by atoms with E-state index in [4.69, 9.17) is 9.84 Å². The van der Waals surface area contributed by atoms with Crippen LogP contribution in [0.1, 0.15) is 56.7 Å². The third-order valence-electron chi connectivity index (χ3n) is 4.16. The van der Waals surface area contributed by atoms with E-state index in [-0.39, 0.29) is 37.4 Å². The van der Waals surface area contributed by atoms with Gasteiger partial charge in [-0.25, -0.2) is 0 Å². The van der Waals surface area contributed by atoms with Crippen molar-refractivity contribution in [1.82, 2.24) is 0 Å². The third-order valence-corrected chi connectivity index (χ3v) is 4.16. The molecule has 0 heterocycles. The zero-order valence-corrected chi connectivity index (χ0v) is 13.9. The fourth-order valence-electron chi connectivity index (χ4n) is 2.86. The van der Waals surface area contributed by atoms with Crippen molar-refractivity contribution >= 4 is 23.5 Å². The molecule has 0 radical (unpaired) electrons. The number of ether oxygens (including phenoxy) is 1. The van der Waals surface area contributed by atoms with Crippen LogP contribution in [0.15, 0.2) is 42.5 Å². The first-order chi connectivity index (χ1) is 12.5. The summed E-state index contributed by atoms with van der Waals surface area (Å²) < 4.78 is 5.10. The maximum absolute atomic E-state index is 12.6. The first-order valence-electron chi connectivity index (χ1n) is 8.16. The summed E-state index contributed by atoms with van der Waals surface area (Å²) in [6.07, 6.45) is 0.133. The molecule has 0 spiro atoms. The lowest BCUT2D eigenvalue weighted by Crippen LogP contribution is -2.21. The molecule has 0 amide bonds. The van der Waals surface area contributed by atoms with Crippen LogP contribution in [0.25, 0.3) is 0 Å². The summed E-state index contributed by atoms with van der Waals surface area (Å²) >= 11 is 0. The van der Waals surface area contributed by atoms with E-state index in [1.54, 1.807) is 42.5 Å². The molecular weight excluding hydrogens is 336 g/mol. The van der Waals surface area contributed by atoms with Crippen LogP contribution in [0.4, 0.5) is 0 Å². The number of rotatable bonds is 6. The molecule has 0 aliphatic heterocycles. The van der Waals surface area contributed by atoms with E-state index >= 15 is 0 Å². The van der Waals surface area contributed by atoms with Crippen molar-refractivity contribution in [3.63, 3.8) is 0 Å². The Labute approximate surface area is 149 Å². The summed E-state index contributed by atoms with van der Waals surface area (Å²) in [5.41, 5.74) is 1.99. The van der Waals surface area contributed by atoms with Crippen LogP contribution in [0, 0.1) is 0 Å². The zero-order chi connectivity index (χ0) is 18.7. The van der Waals surface area contributed by atoms with Gasteiger partial charge in [-0.15, -0.1) is 0 Å². The summed E-state index contributed by atoms with van der Waals surface area (Å²) in [4.78, 5) is 47.2. The van der Waals surface area contributed by atoms with E-state index in [2.05, 4.69) is 0 Å². The topological polar surface area (TPSA) is 97.7 Å². The maximum atomic E-state index is 12.6. The van der Waals surface area contributed by atoms with Crippen molar-refractivity contribution in [2.24, 2.45) is 0 Å². The second-order valence-electron chi connectivity index (χ2n) is 5.99. The molecule has 1 aliphatic carbocycles. The number of ketones is 2. The van der Waals surface area contributed by atoms with Crippen molar-refractivity contribution in [2.45, 2.75) is 25.9 Å². The molecule has 0 unspecified atom stereocenters. The van der Waals surface area contributed by atoms with Crippen LogP contribution in [0.2, 0.25) is 0 Å². The second kappa shape index (κ2) is 7.31. The highest BCUT2D eigenvalue weighted by Crippen LogP contribution is 2.28. The van der Waals surface area contributed by atoms with Crippen LogP contribution in [-0.2, 0) is 20.9 Å². The van der Waals surface area contributed by atoms with Gasteiger partial charge in [-0.3, -0.25) is 19.2 Å². The summed E-state index contributed by atoms with van der Waals surface area (Å²) in [6.45, 7) is -0.0394. The molecule has 26 heavy (non-hydrogen) atoms. The number of benzene rings is 2. The largest absolute Gasteiger partial charge is 0.481 e. The molecule has 2 aromatic carbocycles. The molecular formula is C20H16O6. The molecule has 0 saturated heterocycles. The minimum absolute atomic E-state index is 0.0159. The summed E-state index contributed by atoms with van der Waals surface area (Å²) in [5.74, 6) is -1.90. The van der Waals surface area contributed by atoms with Crippen molar-refractivity contribution in [2.75, 3.05) is 0 Å². The predicted octanol–water partition coefficient (Wildman–Crippen LogP) is 2.76. The number of esters is 1. The van der Waals surface area contributed by atoms with Crippen molar-refractivity contribution in [1.29, 1.82) is 0 Å². The van der Waals surface area contributed by atoms with Crippen LogP contribution in [0.3, 0.4) is 0 Å². The molecule has 0 saturated carbocycles. The second-order valence-corrected chi connectivity index (χ2v) is 5.99.